The summed E-state index contributed by atoms with van der Waals surface area (Å²) in [6.45, 7) is 5.56. The molecule has 0 spiro atoms. The minimum atomic E-state index is -0.626. The third kappa shape index (κ3) is 3.47. The third-order valence-corrected chi connectivity index (χ3v) is 2.21. The van der Waals surface area contributed by atoms with Crippen LogP contribution in [0.1, 0.15) is 20.8 Å². The second kappa shape index (κ2) is 4.45. The van der Waals surface area contributed by atoms with Gasteiger partial charge < -0.3 is 4.74 Å². The van der Waals surface area contributed by atoms with E-state index < -0.39 is 5.41 Å². The number of ether oxygens (including phenoxy) is 1. The average Bonchev–Trinajstić information content (AvgIpc) is 1.88. The zero-order chi connectivity index (χ0) is 8.91. The highest BCUT2D eigenvalue weighted by atomic mass is 31.1. The molecule has 0 unspecified atom stereocenters. The molecule has 0 N–H and O–H groups in total. The quantitative estimate of drug-likeness (QED) is 0.485. The standard InChI is InChI=1S/C7H13O3P/c1-4-10-6(8)7(2,3)5-11-9/h4-5H2,1-3H3. The average molecular weight is 176 g/mol. The van der Waals surface area contributed by atoms with Gasteiger partial charge in [-0.3, -0.25) is 9.36 Å². The molecule has 0 bridgehead atoms. The summed E-state index contributed by atoms with van der Waals surface area (Å²) in [6.07, 6.45) is 0.311. The lowest BCUT2D eigenvalue weighted by Crippen LogP contribution is -2.28. The smallest absolute Gasteiger partial charge is 0.312 e. The van der Waals surface area contributed by atoms with Crippen LogP contribution in [0.15, 0.2) is 0 Å². The molecule has 4 heteroatoms. The van der Waals surface area contributed by atoms with Gasteiger partial charge in [0.05, 0.1) is 12.0 Å². The van der Waals surface area contributed by atoms with Gasteiger partial charge in [0.1, 0.15) is 0 Å². The Labute approximate surface area is 68.3 Å². The van der Waals surface area contributed by atoms with Crippen LogP contribution in [-0.4, -0.2) is 18.7 Å². The maximum atomic E-state index is 11.1. The number of hydrogen-bond acceptors (Lipinski definition) is 3. The van der Waals surface area contributed by atoms with Gasteiger partial charge in [0, 0.05) is 6.16 Å². The highest BCUT2D eigenvalue weighted by molar-refractivity contribution is 7.23. The van der Waals surface area contributed by atoms with E-state index in [9.17, 15) is 9.36 Å². The van der Waals surface area contributed by atoms with E-state index in [1.807, 2.05) is 0 Å². The molecule has 0 aliphatic carbocycles. The number of rotatable bonds is 4. The molecular weight excluding hydrogens is 163 g/mol. The van der Waals surface area contributed by atoms with Crippen molar-refractivity contribution in [1.29, 1.82) is 0 Å². The van der Waals surface area contributed by atoms with Gasteiger partial charge in [-0.05, 0) is 20.8 Å². The first-order chi connectivity index (χ1) is 5.04. The van der Waals surface area contributed by atoms with Crippen LogP contribution in [0.4, 0.5) is 0 Å². The van der Waals surface area contributed by atoms with Crippen LogP contribution < -0.4 is 0 Å². The maximum Gasteiger partial charge on any atom is 0.312 e. The molecule has 0 amide bonds. The Kier molecular flexibility index (Phi) is 4.27. The van der Waals surface area contributed by atoms with Gasteiger partial charge in [0.2, 0.25) is 0 Å². The van der Waals surface area contributed by atoms with Gasteiger partial charge in [0.25, 0.3) is 0 Å². The van der Waals surface area contributed by atoms with E-state index in [1.54, 1.807) is 20.8 Å². The maximum absolute atomic E-state index is 11.1. The summed E-state index contributed by atoms with van der Waals surface area (Å²) in [7, 11) is -0.0163. The van der Waals surface area contributed by atoms with E-state index in [-0.39, 0.29) is 14.4 Å². The van der Waals surface area contributed by atoms with Crippen molar-refractivity contribution in [2.75, 3.05) is 12.8 Å². The Morgan fingerprint density at radius 2 is 2.09 bits per heavy atom. The van der Waals surface area contributed by atoms with Crippen molar-refractivity contribution in [2.24, 2.45) is 5.41 Å². The Balaban J connectivity index is 4.05. The zero-order valence-electron chi connectivity index (χ0n) is 7.09. The summed E-state index contributed by atoms with van der Waals surface area (Å²) in [6, 6.07) is 0. The zero-order valence-corrected chi connectivity index (χ0v) is 7.98. The third-order valence-electron chi connectivity index (χ3n) is 1.29. The molecule has 0 radical (unpaired) electrons. The second-order valence-corrected chi connectivity index (χ2v) is 3.47. The molecule has 0 fully saturated rings. The van der Waals surface area contributed by atoms with Crippen molar-refractivity contribution >= 4 is 14.4 Å². The molecule has 0 aromatic carbocycles. The van der Waals surface area contributed by atoms with Gasteiger partial charge >= 0.3 is 5.97 Å². The van der Waals surface area contributed by atoms with Crippen molar-refractivity contribution in [1.82, 2.24) is 0 Å². The van der Waals surface area contributed by atoms with E-state index in [2.05, 4.69) is 0 Å². The summed E-state index contributed by atoms with van der Waals surface area (Å²) >= 11 is 0. The van der Waals surface area contributed by atoms with Crippen LogP contribution in [0.3, 0.4) is 0 Å². The topological polar surface area (TPSA) is 43.4 Å². The van der Waals surface area contributed by atoms with Gasteiger partial charge in [-0.1, -0.05) is 0 Å². The van der Waals surface area contributed by atoms with Crippen LogP contribution >= 0.6 is 8.46 Å². The van der Waals surface area contributed by atoms with Gasteiger partial charge in [-0.2, -0.15) is 0 Å². The molecule has 0 aromatic rings. The second-order valence-electron chi connectivity index (χ2n) is 2.89. The Bertz CT molecular complexity index is 154. The number of hydrogen-bond donors (Lipinski definition) is 0. The summed E-state index contributed by atoms with van der Waals surface area (Å²) in [5.41, 5.74) is -0.626. The molecule has 0 saturated carbocycles. The number of esters is 1. The lowest BCUT2D eigenvalue weighted by molar-refractivity contribution is -0.152. The fourth-order valence-corrected chi connectivity index (χ4v) is 1.00. The van der Waals surface area contributed by atoms with Crippen molar-refractivity contribution in [3.63, 3.8) is 0 Å². The molecule has 0 aromatic heterocycles. The molecule has 3 nitrogen and oxygen atoms in total. The van der Waals surface area contributed by atoms with E-state index in [0.29, 0.717) is 12.8 Å². The molecule has 0 aliphatic heterocycles. The number of carbonyl (C=O) groups is 1. The summed E-state index contributed by atoms with van der Waals surface area (Å²) in [5.74, 6) is -0.289. The van der Waals surface area contributed by atoms with Crippen LogP contribution in [0.5, 0.6) is 0 Å². The normalized spacial score (nSPS) is 11.5. The highest BCUT2D eigenvalue weighted by Gasteiger charge is 2.28. The molecule has 0 heterocycles. The first kappa shape index (κ1) is 10.6. The molecule has 0 rings (SSSR count). The molecule has 0 atom stereocenters. The predicted octanol–water partition coefficient (Wildman–Crippen LogP) is 1.87. The minimum absolute atomic E-state index is 0.0163. The lowest BCUT2D eigenvalue weighted by atomic mass is 9.97. The predicted molar refractivity (Wildman–Crippen MR) is 42.9 cm³/mol. The van der Waals surface area contributed by atoms with Crippen LogP contribution in [-0.2, 0) is 14.1 Å². The molecule has 0 aliphatic rings. The van der Waals surface area contributed by atoms with Gasteiger partial charge in [-0.25, -0.2) is 0 Å². The summed E-state index contributed by atoms with van der Waals surface area (Å²) in [4.78, 5) is 11.1. The molecular formula is C7H13O3P. The summed E-state index contributed by atoms with van der Waals surface area (Å²) < 4.78 is 15.0. The monoisotopic (exact) mass is 176 g/mol. The SMILES string of the molecule is CCOC(=O)C(C)(C)CP=O. The minimum Gasteiger partial charge on any atom is -0.466 e. The van der Waals surface area contributed by atoms with Crippen LogP contribution in [0.2, 0.25) is 0 Å². The Hall–Kier alpha value is -0.430. The Morgan fingerprint density at radius 3 is 2.45 bits per heavy atom. The van der Waals surface area contributed by atoms with Crippen molar-refractivity contribution in [3.05, 3.63) is 0 Å². The lowest BCUT2D eigenvalue weighted by Gasteiger charge is -2.18. The van der Waals surface area contributed by atoms with E-state index in [4.69, 9.17) is 4.74 Å². The first-order valence-electron chi connectivity index (χ1n) is 3.51. The highest BCUT2D eigenvalue weighted by Crippen LogP contribution is 2.21. The molecule has 64 valence electrons. The first-order valence-corrected chi connectivity index (χ1v) is 4.50. The Morgan fingerprint density at radius 1 is 1.55 bits per heavy atom. The van der Waals surface area contributed by atoms with E-state index >= 15 is 0 Å². The van der Waals surface area contributed by atoms with Crippen LogP contribution in [0, 0.1) is 5.41 Å². The number of carbonyl (C=O) groups excluding carboxylic acids is 1. The van der Waals surface area contributed by atoms with E-state index in [0.717, 1.165) is 0 Å². The van der Waals surface area contributed by atoms with Gasteiger partial charge in [0.15, 0.2) is 8.46 Å². The fourth-order valence-electron chi connectivity index (χ4n) is 0.552. The van der Waals surface area contributed by atoms with Gasteiger partial charge in [-0.15, -0.1) is 0 Å². The van der Waals surface area contributed by atoms with Crippen LogP contribution in [0.25, 0.3) is 0 Å². The van der Waals surface area contributed by atoms with E-state index in [1.165, 1.54) is 0 Å². The van der Waals surface area contributed by atoms with Crippen molar-refractivity contribution in [3.8, 4) is 0 Å². The summed E-state index contributed by atoms with van der Waals surface area (Å²) in [5, 5.41) is 0. The largest absolute Gasteiger partial charge is 0.466 e. The fraction of sp³-hybridized carbons (Fsp3) is 0.857. The molecule has 11 heavy (non-hydrogen) atoms. The molecule has 0 saturated heterocycles. The van der Waals surface area contributed by atoms with Crippen molar-refractivity contribution in [2.45, 2.75) is 20.8 Å². The van der Waals surface area contributed by atoms with Crippen molar-refractivity contribution < 1.29 is 14.1 Å².